The van der Waals surface area contributed by atoms with Crippen LogP contribution in [-0.4, -0.2) is 11.0 Å². The van der Waals surface area contributed by atoms with Gasteiger partial charge in [0, 0.05) is 6.20 Å². The first-order valence-electron chi connectivity index (χ1n) is 10.3. The second-order valence-corrected chi connectivity index (χ2v) is 6.82. The van der Waals surface area contributed by atoms with Gasteiger partial charge in [-0.1, -0.05) is 63.1 Å². The number of hydrogen-bond acceptors (Lipinski definition) is 3. The van der Waals surface area contributed by atoms with Crippen LogP contribution in [0.15, 0.2) is 61.0 Å². The fourth-order valence-electron chi connectivity index (χ4n) is 2.57. The van der Waals surface area contributed by atoms with Gasteiger partial charge in [-0.05, 0) is 57.1 Å². The third-order valence-electron chi connectivity index (χ3n) is 4.28. The Morgan fingerprint density at radius 1 is 1.04 bits per heavy atom. The summed E-state index contributed by atoms with van der Waals surface area (Å²) in [5, 5.41) is 0. The van der Waals surface area contributed by atoms with Crippen molar-refractivity contribution in [3.05, 3.63) is 61.0 Å². The van der Waals surface area contributed by atoms with Gasteiger partial charge < -0.3 is 4.74 Å². The molecule has 0 bridgehead atoms. The highest BCUT2D eigenvalue weighted by atomic mass is 16.5. The van der Waals surface area contributed by atoms with E-state index in [-0.39, 0.29) is 11.9 Å². The molecule has 0 aliphatic rings. The number of ether oxygens (including phenoxy) is 1. The molecule has 0 saturated heterocycles. The third-order valence-corrected chi connectivity index (χ3v) is 4.28. The van der Waals surface area contributed by atoms with E-state index in [1.54, 1.807) is 24.5 Å². The van der Waals surface area contributed by atoms with Crippen LogP contribution in [-0.2, 0) is 4.79 Å². The second-order valence-electron chi connectivity index (χ2n) is 6.82. The molecule has 0 aromatic carbocycles. The average Bonchev–Trinajstić information content (AvgIpc) is 2.68. The topological polar surface area (TPSA) is 39.2 Å². The predicted molar refractivity (Wildman–Crippen MR) is 114 cm³/mol. The van der Waals surface area contributed by atoms with Crippen molar-refractivity contribution in [3.63, 3.8) is 0 Å². The molecule has 0 aliphatic heterocycles. The van der Waals surface area contributed by atoms with Crippen molar-refractivity contribution in [2.75, 3.05) is 0 Å². The zero-order valence-electron chi connectivity index (χ0n) is 17.0. The molecular weight excluding hydrogens is 334 g/mol. The summed E-state index contributed by atoms with van der Waals surface area (Å²) in [4.78, 5) is 15.9. The quantitative estimate of drug-likeness (QED) is 0.205. The van der Waals surface area contributed by atoms with Crippen LogP contribution < -0.4 is 4.74 Å². The van der Waals surface area contributed by atoms with Crippen LogP contribution in [0.1, 0.15) is 71.6 Å². The molecule has 27 heavy (non-hydrogen) atoms. The van der Waals surface area contributed by atoms with E-state index in [0.29, 0.717) is 5.75 Å². The van der Waals surface area contributed by atoms with Gasteiger partial charge in [-0.3, -0.25) is 9.78 Å². The number of pyridine rings is 1. The van der Waals surface area contributed by atoms with E-state index in [0.717, 1.165) is 32.1 Å². The molecule has 1 aromatic rings. The minimum atomic E-state index is -0.183. The Labute approximate surface area is 165 Å². The number of allylic oxidation sites excluding steroid dienone is 6. The molecule has 1 atom stereocenters. The van der Waals surface area contributed by atoms with Crippen molar-refractivity contribution in [3.8, 4) is 5.75 Å². The van der Waals surface area contributed by atoms with Gasteiger partial charge >= 0.3 is 5.97 Å². The molecule has 0 radical (unpaired) electrons. The van der Waals surface area contributed by atoms with Gasteiger partial charge in [0.05, 0.1) is 12.1 Å². The highest BCUT2D eigenvalue weighted by Crippen LogP contribution is 2.14. The number of nitrogens with zero attached hydrogens (tertiary/aromatic N) is 1. The van der Waals surface area contributed by atoms with Crippen LogP contribution >= 0.6 is 0 Å². The monoisotopic (exact) mass is 369 g/mol. The third kappa shape index (κ3) is 12.8. The summed E-state index contributed by atoms with van der Waals surface area (Å²) in [6.45, 7) is 4.15. The molecule has 3 heteroatoms. The zero-order chi connectivity index (χ0) is 19.6. The summed E-state index contributed by atoms with van der Waals surface area (Å²) in [5.74, 6) is 0.233. The highest BCUT2D eigenvalue weighted by molar-refractivity contribution is 5.74. The lowest BCUT2D eigenvalue weighted by Gasteiger charge is -2.10. The van der Waals surface area contributed by atoms with Crippen LogP contribution in [0, 0.1) is 5.92 Å². The van der Waals surface area contributed by atoms with Crippen LogP contribution in [0.2, 0.25) is 0 Å². The summed E-state index contributed by atoms with van der Waals surface area (Å²) in [6.07, 6.45) is 26.5. The predicted octanol–water partition coefficient (Wildman–Crippen LogP) is 6.82. The SMILES string of the molecule is CCCCC/C=C\C/C=C\C/C=C\CCCC(C)C(=O)Oc1cccnc1. The van der Waals surface area contributed by atoms with Gasteiger partial charge in [-0.15, -0.1) is 0 Å². The van der Waals surface area contributed by atoms with E-state index in [1.165, 1.54) is 25.7 Å². The lowest BCUT2D eigenvalue weighted by molar-refractivity contribution is -0.138. The lowest BCUT2D eigenvalue weighted by Crippen LogP contribution is -2.17. The van der Waals surface area contributed by atoms with Crippen LogP contribution in [0.3, 0.4) is 0 Å². The van der Waals surface area contributed by atoms with E-state index in [9.17, 15) is 4.79 Å². The zero-order valence-corrected chi connectivity index (χ0v) is 17.0. The Bertz CT molecular complexity index is 575. The normalized spacial score (nSPS) is 13.0. The Balaban J connectivity index is 2.03. The number of carbonyl (C=O) groups is 1. The fraction of sp³-hybridized carbons (Fsp3) is 0.500. The van der Waals surface area contributed by atoms with Gasteiger partial charge in [0.15, 0.2) is 0 Å². The van der Waals surface area contributed by atoms with Crippen LogP contribution in [0.25, 0.3) is 0 Å². The smallest absolute Gasteiger partial charge is 0.314 e. The van der Waals surface area contributed by atoms with Gasteiger partial charge in [-0.2, -0.15) is 0 Å². The van der Waals surface area contributed by atoms with Crippen molar-refractivity contribution in [2.45, 2.75) is 71.6 Å². The van der Waals surface area contributed by atoms with Crippen molar-refractivity contribution in [2.24, 2.45) is 5.92 Å². The number of aromatic nitrogens is 1. The molecule has 1 aromatic heterocycles. The van der Waals surface area contributed by atoms with Crippen LogP contribution in [0.4, 0.5) is 0 Å². The molecule has 148 valence electrons. The molecule has 0 saturated carbocycles. The Morgan fingerprint density at radius 3 is 2.33 bits per heavy atom. The summed E-state index contributed by atoms with van der Waals surface area (Å²) >= 11 is 0. The van der Waals surface area contributed by atoms with E-state index in [2.05, 4.69) is 48.4 Å². The Hall–Kier alpha value is -2.16. The second kappa shape index (κ2) is 16.0. The first kappa shape index (κ1) is 22.9. The Morgan fingerprint density at radius 2 is 1.70 bits per heavy atom. The largest absolute Gasteiger partial charge is 0.425 e. The van der Waals surface area contributed by atoms with Crippen molar-refractivity contribution in [1.82, 2.24) is 4.98 Å². The average molecular weight is 370 g/mol. The standard InChI is InChI=1S/C24H35NO2/c1-3-4-5-6-7-8-9-10-11-12-13-14-15-16-18-22(2)24(26)27-23-19-17-20-25-21-23/h7-8,10-11,13-14,17,19-22H,3-6,9,12,15-16,18H2,1-2H3/b8-7-,11-10-,14-13-. The molecule has 3 nitrogen and oxygen atoms in total. The van der Waals surface area contributed by atoms with E-state index in [1.807, 2.05) is 6.92 Å². The minimum absolute atomic E-state index is 0.0948. The summed E-state index contributed by atoms with van der Waals surface area (Å²) in [6, 6.07) is 3.51. The lowest BCUT2D eigenvalue weighted by atomic mass is 10.0. The van der Waals surface area contributed by atoms with E-state index in [4.69, 9.17) is 4.74 Å². The van der Waals surface area contributed by atoms with E-state index < -0.39 is 0 Å². The number of esters is 1. The molecule has 0 N–H and O–H groups in total. The molecule has 0 spiro atoms. The van der Waals surface area contributed by atoms with Gasteiger partial charge in [0.2, 0.25) is 0 Å². The van der Waals surface area contributed by atoms with Crippen LogP contribution in [0.5, 0.6) is 5.75 Å². The molecular formula is C24H35NO2. The molecule has 1 heterocycles. The maximum absolute atomic E-state index is 12.0. The first-order chi connectivity index (χ1) is 13.2. The number of rotatable bonds is 14. The summed E-state index contributed by atoms with van der Waals surface area (Å²) < 4.78 is 5.31. The number of hydrogen-bond donors (Lipinski definition) is 0. The maximum Gasteiger partial charge on any atom is 0.314 e. The molecule has 1 rings (SSSR count). The van der Waals surface area contributed by atoms with Gasteiger partial charge in [0.25, 0.3) is 0 Å². The minimum Gasteiger partial charge on any atom is -0.425 e. The Kier molecular flexibility index (Phi) is 13.6. The molecule has 1 unspecified atom stereocenters. The highest BCUT2D eigenvalue weighted by Gasteiger charge is 2.14. The van der Waals surface area contributed by atoms with Crippen molar-refractivity contribution < 1.29 is 9.53 Å². The summed E-state index contributed by atoms with van der Waals surface area (Å²) in [5.41, 5.74) is 0. The number of unbranched alkanes of at least 4 members (excludes halogenated alkanes) is 4. The van der Waals surface area contributed by atoms with Crippen molar-refractivity contribution in [1.29, 1.82) is 0 Å². The molecule has 0 aliphatic carbocycles. The fourth-order valence-corrected chi connectivity index (χ4v) is 2.57. The summed E-state index contributed by atoms with van der Waals surface area (Å²) in [7, 11) is 0. The van der Waals surface area contributed by atoms with E-state index >= 15 is 0 Å². The first-order valence-corrected chi connectivity index (χ1v) is 10.3. The van der Waals surface area contributed by atoms with Gasteiger partial charge in [0.1, 0.15) is 5.75 Å². The molecule has 0 amide bonds. The van der Waals surface area contributed by atoms with Crippen molar-refractivity contribution >= 4 is 5.97 Å². The van der Waals surface area contributed by atoms with Gasteiger partial charge in [-0.25, -0.2) is 0 Å². The number of carbonyl (C=O) groups excluding carboxylic acids is 1. The maximum atomic E-state index is 12.0. The molecule has 0 fully saturated rings.